The molecular weight excluding hydrogens is 166 g/mol. The zero-order chi connectivity index (χ0) is 7.40. The van der Waals surface area contributed by atoms with Gasteiger partial charge in [0, 0.05) is 4.90 Å². The molecule has 0 aliphatic carbocycles. The molecule has 1 aromatic carbocycles. The van der Waals surface area contributed by atoms with Gasteiger partial charge in [0.25, 0.3) is 0 Å². The van der Waals surface area contributed by atoms with Crippen LogP contribution in [0.1, 0.15) is 5.56 Å². The van der Waals surface area contributed by atoms with Crippen LogP contribution in [0.15, 0.2) is 29.2 Å². The number of benzene rings is 1. The maximum atomic E-state index is 5.30. The molecule has 1 aromatic rings. The Bertz CT molecular complexity index is 215. The van der Waals surface area contributed by atoms with Gasteiger partial charge in [-0.2, -0.15) is 4.24 Å². The standard InChI is InChI=1S/C7H8ClNS/c1-6-3-2-4-7(5-6)10-9-8/h2-5,9H,1H3. The second kappa shape index (κ2) is 3.86. The van der Waals surface area contributed by atoms with E-state index in [0.717, 1.165) is 4.90 Å². The van der Waals surface area contributed by atoms with Crippen molar-refractivity contribution in [3.63, 3.8) is 0 Å². The summed E-state index contributed by atoms with van der Waals surface area (Å²) in [5.74, 6) is 0. The summed E-state index contributed by atoms with van der Waals surface area (Å²) in [7, 11) is 0. The SMILES string of the molecule is Cc1cccc(SNCl)c1. The topological polar surface area (TPSA) is 12.0 Å². The second-order valence-electron chi connectivity index (χ2n) is 2.00. The highest BCUT2D eigenvalue weighted by Gasteiger charge is 1.90. The Balaban J connectivity index is 2.75. The first-order valence-corrected chi connectivity index (χ1v) is 4.11. The first kappa shape index (κ1) is 7.92. The summed E-state index contributed by atoms with van der Waals surface area (Å²) in [6.07, 6.45) is 0. The molecule has 0 aromatic heterocycles. The number of hydrogen-bond donors (Lipinski definition) is 1. The highest BCUT2D eigenvalue weighted by molar-refractivity contribution is 7.98. The van der Waals surface area contributed by atoms with Crippen LogP contribution in [0.4, 0.5) is 0 Å². The summed E-state index contributed by atoms with van der Waals surface area (Å²) in [6, 6.07) is 8.14. The van der Waals surface area contributed by atoms with Gasteiger partial charge in [0.15, 0.2) is 0 Å². The zero-order valence-electron chi connectivity index (χ0n) is 5.60. The van der Waals surface area contributed by atoms with Crippen LogP contribution in [0.25, 0.3) is 0 Å². The highest BCUT2D eigenvalue weighted by Crippen LogP contribution is 2.15. The minimum absolute atomic E-state index is 1.13. The Labute approximate surface area is 70.0 Å². The molecule has 1 N–H and O–H groups in total. The minimum Gasteiger partial charge on any atom is -0.172 e. The van der Waals surface area contributed by atoms with E-state index in [9.17, 15) is 0 Å². The average Bonchev–Trinajstić information content (AvgIpc) is 1.88. The molecule has 0 bridgehead atoms. The minimum atomic E-state index is 1.13. The molecule has 0 fully saturated rings. The van der Waals surface area contributed by atoms with Gasteiger partial charge >= 0.3 is 0 Å². The van der Waals surface area contributed by atoms with Crippen molar-refractivity contribution in [2.24, 2.45) is 0 Å². The first-order chi connectivity index (χ1) is 4.83. The highest BCUT2D eigenvalue weighted by atomic mass is 35.5. The van der Waals surface area contributed by atoms with E-state index in [1.165, 1.54) is 17.5 Å². The Morgan fingerprint density at radius 3 is 2.90 bits per heavy atom. The summed E-state index contributed by atoms with van der Waals surface area (Å²) in [4.78, 5) is 1.13. The van der Waals surface area contributed by atoms with Crippen molar-refractivity contribution in [3.8, 4) is 0 Å². The van der Waals surface area contributed by atoms with Crippen molar-refractivity contribution in [2.45, 2.75) is 11.8 Å². The Hall–Kier alpha value is -0.180. The summed E-state index contributed by atoms with van der Waals surface area (Å²) >= 11 is 6.71. The Morgan fingerprint density at radius 1 is 1.50 bits per heavy atom. The molecule has 0 unspecified atom stereocenters. The van der Waals surface area contributed by atoms with Gasteiger partial charge in [-0.3, -0.25) is 0 Å². The van der Waals surface area contributed by atoms with Crippen LogP contribution in [-0.4, -0.2) is 0 Å². The maximum absolute atomic E-state index is 5.30. The van der Waals surface area contributed by atoms with Crippen molar-refractivity contribution in [1.29, 1.82) is 0 Å². The van der Waals surface area contributed by atoms with Crippen LogP contribution in [0.2, 0.25) is 0 Å². The van der Waals surface area contributed by atoms with E-state index >= 15 is 0 Å². The predicted molar refractivity (Wildman–Crippen MR) is 46.0 cm³/mol. The molecule has 0 spiro atoms. The molecule has 54 valence electrons. The van der Waals surface area contributed by atoms with Gasteiger partial charge in [0.2, 0.25) is 0 Å². The maximum Gasteiger partial charge on any atom is 0.0242 e. The molecule has 3 heteroatoms. The number of nitrogens with one attached hydrogen (secondary N) is 1. The van der Waals surface area contributed by atoms with Crippen molar-refractivity contribution >= 4 is 23.7 Å². The number of halogens is 1. The van der Waals surface area contributed by atoms with Gasteiger partial charge < -0.3 is 0 Å². The largest absolute Gasteiger partial charge is 0.172 e. The van der Waals surface area contributed by atoms with Gasteiger partial charge in [-0.15, -0.1) is 0 Å². The molecule has 0 aliphatic rings. The van der Waals surface area contributed by atoms with E-state index < -0.39 is 0 Å². The van der Waals surface area contributed by atoms with Crippen LogP contribution in [0.5, 0.6) is 0 Å². The fraction of sp³-hybridized carbons (Fsp3) is 0.143. The van der Waals surface area contributed by atoms with E-state index in [-0.39, 0.29) is 0 Å². The molecule has 10 heavy (non-hydrogen) atoms. The van der Waals surface area contributed by atoms with E-state index in [2.05, 4.69) is 23.3 Å². The van der Waals surface area contributed by atoms with Crippen LogP contribution < -0.4 is 4.24 Å². The third-order valence-electron chi connectivity index (χ3n) is 1.15. The molecule has 1 nitrogen and oxygen atoms in total. The van der Waals surface area contributed by atoms with Crippen molar-refractivity contribution in [3.05, 3.63) is 29.8 Å². The van der Waals surface area contributed by atoms with Gasteiger partial charge in [0.1, 0.15) is 0 Å². The molecule has 0 aliphatic heterocycles. The third kappa shape index (κ3) is 2.21. The number of rotatable bonds is 2. The summed E-state index contributed by atoms with van der Waals surface area (Å²) in [5, 5.41) is 0. The lowest BCUT2D eigenvalue weighted by Crippen LogP contribution is -1.81. The third-order valence-corrected chi connectivity index (χ3v) is 1.94. The van der Waals surface area contributed by atoms with Crippen molar-refractivity contribution in [2.75, 3.05) is 0 Å². The fourth-order valence-electron chi connectivity index (χ4n) is 0.723. The molecule has 1 rings (SSSR count). The molecule has 0 amide bonds. The average molecular weight is 174 g/mol. The van der Waals surface area contributed by atoms with Crippen molar-refractivity contribution < 1.29 is 0 Å². The van der Waals surface area contributed by atoms with Crippen LogP contribution in [0, 0.1) is 6.92 Å². The monoisotopic (exact) mass is 173 g/mol. The Morgan fingerprint density at radius 2 is 2.30 bits per heavy atom. The fourth-order valence-corrected chi connectivity index (χ4v) is 1.47. The molecule has 0 saturated heterocycles. The van der Waals surface area contributed by atoms with E-state index in [4.69, 9.17) is 11.8 Å². The summed E-state index contributed by atoms with van der Waals surface area (Å²) in [5.41, 5.74) is 1.25. The van der Waals surface area contributed by atoms with Crippen LogP contribution in [-0.2, 0) is 0 Å². The Kier molecular flexibility index (Phi) is 3.06. The summed E-state index contributed by atoms with van der Waals surface area (Å²) < 4.78 is 2.50. The number of hydrogen-bond acceptors (Lipinski definition) is 2. The summed E-state index contributed by atoms with van der Waals surface area (Å²) in [6.45, 7) is 2.05. The first-order valence-electron chi connectivity index (χ1n) is 2.92. The lowest BCUT2D eigenvalue weighted by molar-refractivity contribution is 1.35. The second-order valence-corrected chi connectivity index (χ2v) is 3.29. The van der Waals surface area contributed by atoms with Gasteiger partial charge in [-0.1, -0.05) is 12.1 Å². The quantitative estimate of drug-likeness (QED) is 0.545. The zero-order valence-corrected chi connectivity index (χ0v) is 7.17. The van der Waals surface area contributed by atoms with E-state index in [0.29, 0.717) is 0 Å². The van der Waals surface area contributed by atoms with Gasteiger partial charge in [-0.25, -0.2) is 0 Å². The lowest BCUT2D eigenvalue weighted by Gasteiger charge is -1.97. The molecule has 0 heterocycles. The smallest absolute Gasteiger partial charge is 0.0242 e. The normalized spacial score (nSPS) is 9.80. The number of aryl methyl sites for hydroxylation is 1. The van der Waals surface area contributed by atoms with Crippen LogP contribution in [0.3, 0.4) is 0 Å². The van der Waals surface area contributed by atoms with E-state index in [1.54, 1.807) is 0 Å². The molecule has 0 saturated carbocycles. The van der Waals surface area contributed by atoms with Gasteiger partial charge in [0.05, 0.1) is 0 Å². The van der Waals surface area contributed by atoms with Crippen molar-refractivity contribution in [1.82, 2.24) is 4.24 Å². The van der Waals surface area contributed by atoms with E-state index in [1.807, 2.05) is 12.1 Å². The lowest BCUT2D eigenvalue weighted by atomic mass is 10.2. The molecular formula is C7H8ClNS. The predicted octanol–water partition coefficient (Wildman–Crippen LogP) is 2.75. The molecule has 0 atom stereocenters. The van der Waals surface area contributed by atoms with Crippen LogP contribution >= 0.6 is 23.7 Å². The molecule has 0 radical (unpaired) electrons. The van der Waals surface area contributed by atoms with Gasteiger partial charge in [-0.05, 0) is 48.3 Å².